The summed E-state index contributed by atoms with van der Waals surface area (Å²) in [6.07, 6.45) is 0. The first kappa shape index (κ1) is 19.4. The van der Waals surface area contributed by atoms with Crippen molar-refractivity contribution in [1.29, 1.82) is 0 Å². The quantitative estimate of drug-likeness (QED) is 0.814. The molecule has 0 aliphatic carbocycles. The minimum atomic E-state index is -1.64. The Kier molecular flexibility index (Phi) is 6.13. The average molecular weight is 377 g/mol. The summed E-state index contributed by atoms with van der Waals surface area (Å²) in [5.41, 5.74) is 0.534. The van der Waals surface area contributed by atoms with E-state index in [4.69, 9.17) is 0 Å². The Bertz CT molecular complexity index is 793. The Morgan fingerprint density at radius 1 is 1.00 bits per heavy atom. The molecule has 1 N–H and O–H groups in total. The van der Waals surface area contributed by atoms with E-state index in [1.165, 1.54) is 0 Å². The number of hydrogen-bond acceptors (Lipinski definition) is 3. The van der Waals surface area contributed by atoms with Gasteiger partial charge >= 0.3 is 0 Å². The molecular formula is C20H22F3N3O. The number of carbonyl (C=O) groups is 1. The molecule has 1 amide bonds. The van der Waals surface area contributed by atoms with E-state index in [-0.39, 0.29) is 12.6 Å². The number of amides is 1. The molecule has 1 heterocycles. The average Bonchev–Trinajstić information content (AvgIpc) is 2.68. The highest BCUT2D eigenvalue weighted by molar-refractivity contribution is 5.94. The monoisotopic (exact) mass is 377 g/mol. The predicted molar refractivity (Wildman–Crippen MR) is 96.9 cm³/mol. The highest BCUT2D eigenvalue weighted by Crippen LogP contribution is 2.22. The third-order valence-corrected chi connectivity index (χ3v) is 4.90. The normalized spacial score (nSPS) is 16.9. The van der Waals surface area contributed by atoms with E-state index >= 15 is 0 Å². The Labute approximate surface area is 156 Å². The van der Waals surface area contributed by atoms with Crippen molar-refractivity contribution in [2.24, 2.45) is 0 Å². The third kappa shape index (κ3) is 4.48. The van der Waals surface area contributed by atoms with Crippen LogP contribution in [0.2, 0.25) is 0 Å². The van der Waals surface area contributed by atoms with Crippen LogP contribution < -0.4 is 5.32 Å². The molecule has 1 aliphatic heterocycles. The molecule has 1 unspecified atom stereocenters. The lowest BCUT2D eigenvalue weighted by Crippen LogP contribution is -2.48. The number of piperazine rings is 1. The van der Waals surface area contributed by atoms with Gasteiger partial charge in [0.05, 0.1) is 11.6 Å². The van der Waals surface area contributed by atoms with Crippen molar-refractivity contribution in [3.05, 3.63) is 71.0 Å². The van der Waals surface area contributed by atoms with E-state index in [2.05, 4.69) is 22.2 Å². The third-order valence-electron chi connectivity index (χ3n) is 4.90. The molecule has 4 nitrogen and oxygen atoms in total. The van der Waals surface area contributed by atoms with Gasteiger partial charge in [0.25, 0.3) is 5.91 Å². The van der Waals surface area contributed by atoms with Crippen LogP contribution in [0.15, 0.2) is 42.5 Å². The van der Waals surface area contributed by atoms with Crippen molar-refractivity contribution >= 4 is 5.91 Å². The number of carbonyl (C=O) groups excluding carboxylic acids is 1. The molecule has 2 aromatic rings. The lowest BCUT2D eigenvalue weighted by atomic mass is 10.0. The molecule has 1 fully saturated rings. The topological polar surface area (TPSA) is 35.6 Å². The van der Waals surface area contributed by atoms with E-state index in [1.807, 2.05) is 30.3 Å². The van der Waals surface area contributed by atoms with E-state index in [1.54, 1.807) is 0 Å². The van der Waals surface area contributed by atoms with Crippen LogP contribution in [0.1, 0.15) is 22.0 Å². The number of halogens is 3. The minimum Gasteiger partial charge on any atom is -0.350 e. The zero-order chi connectivity index (χ0) is 19.4. The van der Waals surface area contributed by atoms with Crippen molar-refractivity contribution in [1.82, 2.24) is 15.1 Å². The van der Waals surface area contributed by atoms with E-state index < -0.39 is 28.9 Å². The Morgan fingerprint density at radius 2 is 1.67 bits per heavy atom. The second-order valence-corrected chi connectivity index (χ2v) is 6.70. The van der Waals surface area contributed by atoms with Crippen LogP contribution in [-0.4, -0.2) is 55.5 Å². The maximum atomic E-state index is 13.9. The van der Waals surface area contributed by atoms with Gasteiger partial charge < -0.3 is 10.2 Å². The number of nitrogens with one attached hydrogen (secondary N) is 1. The van der Waals surface area contributed by atoms with Gasteiger partial charge in [0, 0.05) is 32.7 Å². The summed E-state index contributed by atoms with van der Waals surface area (Å²) in [5.74, 6) is -5.19. The standard InChI is InChI=1S/C20H22F3N3O/c1-25-9-11-26(12-10-25)17(14-5-3-2-4-6-14)13-24-20(27)15-7-8-16(21)19(23)18(15)22/h2-8,17H,9-13H2,1H3,(H,24,27). The molecule has 2 aromatic carbocycles. The molecule has 1 aliphatic rings. The maximum absolute atomic E-state index is 13.9. The highest BCUT2D eigenvalue weighted by atomic mass is 19.2. The fourth-order valence-corrected chi connectivity index (χ4v) is 3.25. The second kappa shape index (κ2) is 8.54. The molecule has 0 saturated carbocycles. The van der Waals surface area contributed by atoms with Crippen LogP contribution >= 0.6 is 0 Å². The van der Waals surface area contributed by atoms with Gasteiger partial charge in [-0.1, -0.05) is 30.3 Å². The largest absolute Gasteiger partial charge is 0.350 e. The van der Waals surface area contributed by atoms with Crippen molar-refractivity contribution in [2.45, 2.75) is 6.04 Å². The Morgan fingerprint density at radius 3 is 2.33 bits per heavy atom. The summed E-state index contributed by atoms with van der Waals surface area (Å²) >= 11 is 0. The van der Waals surface area contributed by atoms with E-state index in [0.29, 0.717) is 0 Å². The molecule has 0 aromatic heterocycles. The summed E-state index contributed by atoms with van der Waals surface area (Å²) in [7, 11) is 2.06. The maximum Gasteiger partial charge on any atom is 0.254 e. The molecule has 144 valence electrons. The van der Waals surface area contributed by atoms with Crippen molar-refractivity contribution in [3.63, 3.8) is 0 Å². The Balaban J connectivity index is 1.75. The molecular weight excluding hydrogens is 355 g/mol. The highest BCUT2D eigenvalue weighted by Gasteiger charge is 2.25. The minimum absolute atomic E-state index is 0.0859. The van der Waals surface area contributed by atoms with Crippen LogP contribution in [0, 0.1) is 17.5 Å². The molecule has 7 heteroatoms. The van der Waals surface area contributed by atoms with Gasteiger partial charge in [0.1, 0.15) is 0 Å². The SMILES string of the molecule is CN1CCN(C(CNC(=O)c2ccc(F)c(F)c2F)c2ccccc2)CC1. The van der Waals surface area contributed by atoms with E-state index in [9.17, 15) is 18.0 Å². The van der Waals surface area contributed by atoms with Crippen LogP contribution in [0.25, 0.3) is 0 Å². The summed E-state index contributed by atoms with van der Waals surface area (Å²) in [6.45, 7) is 3.74. The first-order valence-electron chi connectivity index (χ1n) is 8.86. The van der Waals surface area contributed by atoms with Gasteiger partial charge in [-0.3, -0.25) is 9.69 Å². The lowest BCUT2D eigenvalue weighted by molar-refractivity contribution is 0.0882. The zero-order valence-electron chi connectivity index (χ0n) is 15.1. The molecule has 1 saturated heterocycles. The fourth-order valence-electron chi connectivity index (χ4n) is 3.25. The van der Waals surface area contributed by atoms with Crippen molar-refractivity contribution < 1.29 is 18.0 Å². The molecule has 27 heavy (non-hydrogen) atoms. The molecule has 3 rings (SSSR count). The lowest BCUT2D eigenvalue weighted by Gasteiger charge is -2.38. The summed E-state index contributed by atoms with van der Waals surface area (Å²) in [6, 6.07) is 11.3. The summed E-state index contributed by atoms with van der Waals surface area (Å²) in [4.78, 5) is 16.8. The van der Waals surface area contributed by atoms with Gasteiger partial charge in [0.2, 0.25) is 0 Å². The van der Waals surface area contributed by atoms with Crippen LogP contribution in [0.3, 0.4) is 0 Å². The number of rotatable bonds is 5. The van der Waals surface area contributed by atoms with E-state index in [0.717, 1.165) is 43.9 Å². The molecule has 0 radical (unpaired) electrons. The van der Waals surface area contributed by atoms with Gasteiger partial charge in [0.15, 0.2) is 17.5 Å². The van der Waals surface area contributed by atoms with Gasteiger partial charge in [-0.05, 0) is 24.7 Å². The number of likely N-dealkylation sites (N-methyl/N-ethyl adjacent to an activating group) is 1. The summed E-state index contributed by atoms with van der Waals surface area (Å²) in [5, 5.41) is 2.67. The number of nitrogens with zero attached hydrogens (tertiary/aromatic N) is 2. The van der Waals surface area contributed by atoms with Gasteiger partial charge in [-0.25, -0.2) is 13.2 Å². The van der Waals surface area contributed by atoms with Gasteiger partial charge in [-0.2, -0.15) is 0 Å². The zero-order valence-corrected chi connectivity index (χ0v) is 15.1. The fraction of sp³-hybridized carbons (Fsp3) is 0.350. The summed E-state index contributed by atoms with van der Waals surface area (Å²) < 4.78 is 40.3. The molecule has 0 bridgehead atoms. The van der Waals surface area contributed by atoms with Crippen LogP contribution in [-0.2, 0) is 0 Å². The molecule has 0 spiro atoms. The number of hydrogen-bond donors (Lipinski definition) is 1. The van der Waals surface area contributed by atoms with Crippen LogP contribution in [0.4, 0.5) is 13.2 Å². The second-order valence-electron chi connectivity index (χ2n) is 6.70. The predicted octanol–water partition coefficient (Wildman–Crippen LogP) is 2.82. The first-order valence-corrected chi connectivity index (χ1v) is 8.86. The number of benzene rings is 2. The van der Waals surface area contributed by atoms with Crippen molar-refractivity contribution in [2.75, 3.05) is 39.8 Å². The van der Waals surface area contributed by atoms with Gasteiger partial charge in [-0.15, -0.1) is 0 Å². The Hall–Kier alpha value is -2.38. The first-order chi connectivity index (χ1) is 13.0. The molecule has 1 atom stereocenters. The van der Waals surface area contributed by atoms with Crippen molar-refractivity contribution in [3.8, 4) is 0 Å². The smallest absolute Gasteiger partial charge is 0.254 e. The van der Waals surface area contributed by atoms with Crippen LogP contribution in [0.5, 0.6) is 0 Å².